The number of likely N-dealkylation sites (tertiary alicyclic amines) is 1. The zero-order valence-corrected chi connectivity index (χ0v) is 18.1. The van der Waals surface area contributed by atoms with Crippen LogP contribution in [0.5, 0.6) is 0 Å². The minimum atomic E-state index is -1.23. The van der Waals surface area contributed by atoms with E-state index < -0.39 is 53.8 Å². The molecule has 14 heteroatoms. The average molecular weight is 470 g/mol. The number of thiol groups is 1. The molecule has 32 heavy (non-hydrogen) atoms. The molecule has 0 saturated carbocycles. The summed E-state index contributed by atoms with van der Waals surface area (Å²) >= 11 is 4.09. The second-order valence-corrected chi connectivity index (χ2v) is 7.76. The van der Waals surface area contributed by atoms with Crippen LogP contribution in [0.25, 0.3) is 0 Å². The summed E-state index contributed by atoms with van der Waals surface area (Å²) in [6.07, 6.45) is 3.32. The van der Waals surface area contributed by atoms with Gasteiger partial charge in [0.2, 0.25) is 23.6 Å². The predicted octanol–water partition coefficient (Wildman–Crippen LogP) is -2.87. The van der Waals surface area contributed by atoms with Gasteiger partial charge in [-0.2, -0.15) is 12.6 Å². The molecule has 1 saturated heterocycles. The number of aromatic nitrogens is 2. The number of carbonyl (C=O) groups excluding carboxylic acids is 4. The Bertz CT molecular complexity index is 849. The van der Waals surface area contributed by atoms with Crippen molar-refractivity contribution in [3.8, 4) is 0 Å². The summed E-state index contributed by atoms with van der Waals surface area (Å²) in [5.41, 5.74) is 11.2. The molecule has 2 heterocycles. The standard InChI is InChI=1S/C18H27N7O6S/c19-10(5-14(20)26)15(27)24-12(7-32)17(29)25-3-1-2-13(25)16(28)23-11(18(30)31)4-9-6-21-8-22-9/h6,8,10-13,32H,1-5,7,19H2,(H2,20,26)(H,21,22)(H,23,28)(H,24,27)(H,30,31). The highest BCUT2D eigenvalue weighted by molar-refractivity contribution is 7.80. The molecule has 8 N–H and O–H groups in total. The number of H-pyrrole nitrogens is 1. The van der Waals surface area contributed by atoms with Crippen LogP contribution in [0.3, 0.4) is 0 Å². The summed E-state index contributed by atoms with van der Waals surface area (Å²) in [6, 6.07) is -4.42. The molecule has 1 fully saturated rings. The number of nitrogens with zero attached hydrogens (tertiary/aromatic N) is 2. The first-order valence-corrected chi connectivity index (χ1v) is 10.5. The quantitative estimate of drug-likeness (QED) is 0.167. The molecule has 1 aromatic heterocycles. The highest BCUT2D eigenvalue weighted by Crippen LogP contribution is 2.19. The highest BCUT2D eigenvalue weighted by atomic mass is 32.1. The molecule has 1 aliphatic heterocycles. The molecule has 0 radical (unpaired) electrons. The lowest BCUT2D eigenvalue weighted by Gasteiger charge is -2.29. The molecule has 2 rings (SSSR count). The minimum absolute atomic E-state index is 0.00515. The Hall–Kier alpha value is -3.13. The lowest BCUT2D eigenvalue weighted by molar-refractivity contribution is -0.144. The monoisotopic (exact) mass is 469 g/mol. The molecule has 0 bridgehead atoms. The van der Waals surface area contributed by atoms with Crippen LogP contribution >= 0.6 is 12.6 Å². The van der Waals surface area contributed by atoms with Crippen LogP contribution in [0.1, 0.15) is 25.0 Å². The molecule has 0 aromatic carbocycles. The first kappa shape index (κ1) is 25.1. The Balaban J connectivity index is 2.04. The third-order valence-electron chi connectivity index (χ3n) is 4.99. The van der Waals surface area contributed by atoms with Gasteiger partial charge in [-0.3, -0.25) is 19.2 Å². The van der Waals surface area contributed by atoms with Crippen molar-refractivity contribution in [2.45, 2.75) is 49.9 Å². The SMILES string of the molecule is NC(=O)CC(N)C(=O)NC(CS)C(=O)N1CCCC1C(=O)NC(Cc1cnc[nH]1)C(=O)O. The number of carboxylic acid groups (broad SMARTS) is 1. The summed E-state index contributed by atoms with van der Waals surface area (Å²) in [5, 5.41) is 14.3. The normalized spacial score (nSPS) is 18.4. The number of aliphatic carboxylic acids is 1. The number of nitrogens with two attached hydrogens (primary N) is 2. The van der Waals surface area contributed by atoms with Crippen molar-refractivity contribution in [2.24, 2.45) is 11.5 Å². The van der Waals surface area contributed by atoms with Crippen molar-refractivity contribution >= 4 is 42.2 Å². The molecular formula is C18H27N7O6S. The summed E-state index contributed by atoms with van der Waals surface area (Å²) in [6.45, 7) is 0.253. The van der Waals surface area contributed by atoms with Gasteiger partial charge in [-0.15, -0.1) is 0 Å². The summed E-state index contributed by atoms with van der Waals surface area (Å²) in [7, 11) is 0. The molecular weight excluding hydrogens is 442 g/mol. The molecule has 1 aliphatic rings. The van der Waals surface area contributed by atoms with Crippen LogP contribution in [0, 0.1) is 0 Å². The van der Waals surface area contributed by atoms with E-state index in [0.29, 0.717) is 18.5 Å². The van der Waals surface area contributed by atoms with E-state index in [9.17, 15) is 29.1 Å². The number of hydrogen-bond donors (Lipinski definition) is 7. The van der Waals surface area contributed by atoms with E-state index in [4.69, 9.17) is 11.5 Å². The van der Waals surface area contributed by atoms with Crippen molar-refractivity contribution in [2.75, 3.05) is 12.3 Å². The number of rotatable bonds is 11. The van der Waals surface area contributed by atoms with Crippen molar-refractivity contribution in [1.29, 1.82) is 0 Å². The zero-order chi connectivity index (χ0) is 23.8. The third-order valence-corrected chi connectivity index (χ3v) is 5.35. The molecule has 176 valence electrons. The van der Waals surface area contributed by atoms with Gasteiger partial charge in [-0.05, 0) is 12.8 Å². The summed E-state index contributed by atoms with van der Waals surface area (Å²) < 4.78 is 0. The molecule has 4 amide bonds. The molecule has 0 aliphatic carbocycles. The van der Waals surface area contributed by atoms with Gasteiger partial charge in [-0.25, -0.2) is 9.78 Å². The third kappa shape index (κ3) is 6.68. The first-order valence-electron chi connectivity index (χ1n) is 9.90. The lowest BCUT2D eigenvalue weighted by Crippen LogP contribution is -2.57. The number of amides is 4. The van der Waals surface area contributed by atoms with E-state index in [1.54, 1.807) is 0 Å². The van der Waals surface area contributed by atoms with Gasteiger partial charge in [0, 0.05) is 30.6 Å². The van der Waals surface area contributed by atoms with Crippen molar-refractivity contribution in [1.82, 2.24) is 25.5 Å². The largest absolute Gasteiger partial charge is 0.480 e. The van der Waals surface area contributed by atoms with Gasteiger partial charge in [0.1, 0.15) is 18.1 Å². The van der Waals surface area contributed by atoms with Gasteiger partial charge in [-0.1, -0.05) is 0 Å². The van der Waals surface area contributed by atoms with E-state index in [2.05, 4.69) is 33.2 Å². The second kappa shape index (κ2) is 11.5. The van der Waals surface area contributed by atoms with Gasteiger partial charge in [0.05, 0.1) is 18.8 Å². The summed E-state index contributed by atoms with van der Waals surface area (Å²) in [4.78, 5) is 68.3. The van der Waals surface area contributed by atoms with E-state index in [1.807, 2.05) is 0 Å². The van der Waals surface area contributed by atoms with Crippen LogP contribution < -0.4 is 22.1 Å². The van der Waals surface area contributed by atoms with Gasteiger partial charge >= 0.3 is 5.97 Å². The van der Waals surface area contributed by atoms with Crippen molar-refractivity contribution in [3.63, 3.8) is 0 Å². The number of carbonyl (C=O) groups is 5. The van der Waals surface area contributed by atoms with E-state index in [-0.39, 0.29) is 25.1 Å². The molecule has 4 unspecified atom stereocenters. The van der Waals surface area contributed by atoms with Crippen LogP contribution in [-0.2, 0) is 30.4 Å². The molecule has 1 aromatic rings. The Kier molecular flexibility index (Phi) is 9.02. The predicted molar refractivity (Wildman–Crippen MR) is 114 cm³/mol. The van der Waals surface area contributed by atoms with Crippen molar-refractivity contribution in [3.05, 3.63) is 18.2 Å². The van der Waals surface area contributed by atoms with Crippen LogP contribution in [0.4, 0.5) is 0 Å². The number of primary amides is 1. The lowest BCUT2D eigenvalue weighted by atomic mass is 10.1. The van der Waals surface area contributed by atoms with Crippen LogP contribution in [0.15, 0.2) is 12.5 Å². The first-order chi connectivity index (χ1) is 15.1. The van der Waals surface area contributed by atoms with Crippen LogP contribution in [-0.4, -0.2) is 86.0 Å². The maximum absolute atomic E-state index is 13.0. The van der Waals surface area contributed by atoms with E-state index in [0.717, 1.165) is 0 Å². The Morgan fingerprint density at radius 1 is 1.28 bits per heavy atom. The number of hydrogen-bond acceptors (Lipinski definition) is 8. The highest BCUT2D eigenvalue weighted by Gasteiger charge is 2.39. The molecule has 0 spiro atoms. The molecule has 4 atom stereocenters. The Morgan fingerprint density at radius 2 is 2.00 bits per heavy atom. The maximum Gasteiger partial charge on any atom is 0.326 e. The second-order valence-electron chi connectivity index (χ2n) is 7.39. The fraction of sp³-hybridized carbons (Fsp3) is 0.556. The van der Waals surface area contributed by atoms with E-state index in [1.165, 1.54) is 17.4 Å². The number of carboxylic acids is 1. The Labute approximate surface area is 189 Å². The average Bonchev–Trinajstić information content (AvgIpc) is 3.42. The minimum Gasteiger partial charge on any atom is -0.480 e. The number of imidazole rings is 1. The smallest absolute Gasteiger partial charge is 0.326 e. The van der Waals surface area contributed by atoms with Gasteiger partial charge < -0.3 is 37.1 Å². The summed E-state index contributed by atoms with van der Waals surface area (Å²) in [5.74, 6) is -3.98. The number of nitrogens with one attached hydrogen (secondary N) is 3. The maximum atomic E-state index is 13.0. The van der Waals surface area contributed by atoms with Gasteiger partial charge in [0.15, 0.2) is 0 Å². The fourth-order valence-corrected chi connectivity index (χ4v) is 3.61. The molecule has 13 nitrogen and oxygen atoms in total. The van der Waals surface area contributed by atoms with Crippen molar-refractivity contribution < 1.29 is 29.1 Å². The Morgan fingerprint density at radius 3 is 2.56 bits per heavy atom. The van der Waals surface area contributed by atoms with Gasteiger partial charge in [0.25, 0.3) is 0 Å². The number of aromatic amines is 1. The van der Waals surface area contributed by atoms with Crippen LogP contribution in [0.2, 0.25) is 0 Å². The zero-order valence-electron chi connectivity index (χ0n) is 17.2. The fourth-order valence-electron chi connectivity index (χ4n) is 3.36. The van der Waals surface area contributed by atoms with E-state index >= 15 is 0 Å². The topological polar surface area (TPSA) is 214 Å².